The lowest BCUT2D eigenvalue weighted by molar-refractivity contribution is -0.140. The van der Waals surface area contributed by atoms with Gasteiger partial charge in [-0.1, -0.05) is 37.5 Å². The molecular weight excluding hydrogens is 388 g/mol. The summed E-state index contributed by atoms with van der Waals surface area (Å²) < 4.78 is 6.61. The summed E-state index contributed by atoms with van der Waals surface area (Å²) in [5.41, 5.74) is 0.939. The fourth-order valence-corrected chi connectivity index (χ4v) is 6.28. The average molecular weight is 425 g/mol. The second-order valence-electron chi connectivity index (χ2n) is 10.2. The van der Waals surface area contributed by atoms with Gasteiger partial charge < -0.3 is 14.5 Å². The number of fused-ring (bicyclic) bond motifs is 1. The lowest BCUT2D eigenvalue weighted by Crippen LogP contribution is -2.53. The zero-order valence-electron chi connectivity index (χ0n) is 18.7. The zero-order valence-corrected chi connectivity index (χ0v) is 18.7. The van der Waals surface area contributed by atoms with Crippen LogP contribution in [0.3, 0.4) is 0 Å². The second kappa shape index (κ2) is 8.84. The summed E-state index contributed by atoms with van der Waals surface area (Å²) in [5.74, 6) is 2.05. The predicted octanol–water partition coefficient (Wildman–Crippen LogP) is 4.51. The molecule has 3 aliphatic heterocycles. The SMILES string of the molecule is O=C(C[C@@H]1CC2(CCN(C(=O)C3CCCCC3)CC2)Oc2ccccc21)N1CCCC1. The van der Waals surface area contributed by atoms with Crippen LogP contribution in [-0.4, -0.2) is 53.4 Å². The molecule has 1 saturated carbocycles. The van der Waals surface area contributed by atoms with Crippen LogP contribution in [-0.2, 0) is 9.59 Å². The number of rotatable bonds is 3. The number of carbonyl (C=O) groups is 2. The quantitative estimate of drug-likeness (QED) is 0.717. The molecule has 3 heterocycles. The number of carbonyl (C=O) groups excluding carboxylic acids is 2. The third-order valence-electron chi connectivity index (χ3n) is 8.12. The molecule has 5 nitrogen and oxygen atoms in total. The Morgan fingerprint density at radius 1 is 0.903 bits per heavy atom. The molecule has 5 heteroatoms. The van der Waals surface area contributed by atoms with Gasteiger partial charge in [0, 0.05) is 57.3 Å². The van der Waals surface area contributed by atoms with Crippen molar-refractivity contribution in [1.29, 1.82) is 0 Å². The maximum atomic E-state index is 13.0. The lowest BCUT2D eigenvalue weighted by atomic mass is 9.75. The van der Waals surface area contributed by atoms with Gasteiger partial charge in [0.05, 0.1) is 0 Å². The number of likely N-dealkylation sites (tertiary alicyclic amines) is 2. The minimum Gasteiger partial charge on any atom is -0.487 e. The minimum atomic E-state index is -0.242. The van der Waals surface area contributed by atoms with Gasteiger partial charge >= 0.3 is 0 Å². The normalized spacial score (nSPS) is 25.9. The van der Waals surface area contributed by atoms with Crippen molar-refractivity contribution in [2.45, 2.75) is 82.1 Å². The van der Waals surface area contributed by atoms with E-state index >= 15 is 0 Å². The first kappa shape index (κ1) is 20.8. The molecule has 1 atom stereocenters. The molecule has 168 valence electrons. The molecule has 4 aliphatic rings. The van der Waals surface area contributed by atoms with E-state index in [1.807, 2.05) is 11.0 Å². The molecule has 1 aromatic rings. The Bertz CT molecular complexity index is 803. The van der Waals surface area contributed by atoms with Gasteiger partial charge in [0.2, 0.25) is 11.8 Å². The number of benzene rings is 1. The highest BCUT2D eigenvalue weighted by molar-refractivity contribution is 5.79. The van der Waals surface area contributed by atoms with Gasteiger partial charge in [-0.25, -0.2) is 0 Å². The first-order valence-electron chi connectivity index (χ1n) is 12.5. The van der Waals surface area contributed by atoms with Crippen molar-refractivity contribution in [2.75, 3.05) is 26.2 Å². The van der Waals surface area contributed by atoms with Gasteiger partial charge in [0.25, 0.3) is 0 Å². The standard InChI is InChI=1S/C26H36N2O3/c29-24(27-14-6-7-15-27)18-21-19-26(31-23-11-5-4-10-22(21)23)12-16-28(17-13-26)25(30)20-8-2-1-3-9-20/h4-5,10-11,20-21H,1-3,6-9,12-19H2/t21-/m1/s1. The Morgan fingerprint density at radius 3 is 2.35 bits per heavy atom. The van der Waals surface area contributed by atoms with Crippen LogP contribution in [0.5, 0.6) is 5.75 Å². The van der Waals surface area contributed by atoms with Gasteiger partial charge in [-0.2, -0.15) is 0 Å². The van der Waals surface area contributed by atoms with E-state index in [9.17, 15) is 9.59 Å². The lowest BCUT2D eigenvalue weighted by Gasteiger charge is -2.47. The Hall–Kier alpha value is -2.04. The minimum absolute atomic E-state index is 0.207. The van der Waals surface area contributed by atoms with Crippen LogP contribution in [0.1, 0.15) is 82.1 Å². The Balaban J connectivity index is 1.27. The number of nitrogens with zero attached hydrogens (tertiary/aromatic N) is 2. The molecule has 0 bridgehead atoms. The second-order valence-corrected chi connectivity index (χ2v) is 10.2. The zero-order chi connectivity index (χ0) is 21.3. The van der Waals surface area contributed by atoms with Crippen molar-refractivity contribution >= 4 is 11.8 Å². The van der Waals surface area contributed by atoms with E-state index in [0.717, 1.165) is 76.9 Å². The molecule has 0 radical (unpaired) electrons. The summed E-state index contributed by atoms with van der Waals surface area (Å²) in [7, 11) is 0. The number of hydrogen-bond acceptors (Lipinski definition) is 3. The summed E-state index contributed by atoms with van der Waals surface area (Å²) in [6.45, 7) is 3.38. The molecule has 0 N–H and O–H groups in total. The molecule has 0 unspecified atom stereocenters. The van der Waals surface area contributed by atoms with Gasteiger partial charge in [0.1, 0.15) is 11.4 Å². The largest absolute Gasteiger partial charge is 0.487 e. The van der Waals surface area contributed by atoms with Crippen molar-refractivity contribution in [2.24, 2.45) is 5.92 Å². The van der Waals surface area contributed by atoms with E-state index in [-0.39, 0.29) is 17.4 Å². The molecule has 2 amide bonds. The average Bonchev–Trinajstić information content (AvgIpc) is 3.35. The van der Waals surface area contributed by atoms with Crippen LogP contribution in [0.25, 0.3) is 0 Å². The number of piperidine rings is 1. The van der Waals surface area contributed by atoms with Crippen molar-refractivity contribution < 1.29 is 14.3 Å². The van der Waals surface area contributed by atoms with Crippen LogP contribution in [0.4, 0.5) is 0 Å². The number of ether oxygens (including phenoxy) is 1. The van der Waals surface area contributed by atoms with E-state index in [4.69, 9.17) is 4.74 Å². The van der Waals surface area contributed by atoms with Crippen LogP contribution < -0.4 is 4.74 Å². The summed E-state index contributed by atoms with van der Waals surface area (Å²) in [6.07, 6.45) is 11.2. The van der Waals surface area contributed by atoms with E-state index in [1.54, 1.807) is 0 Å². The Morgan fingerprint density at radius 2 is 1.61 bits per heavy atom. The van der Waals surface area contributed by atoms with Crippen LogP contribution in [0.15, 0.2) is 24.3 Å². The Labute approximate surface area is 186 Å². The van der Waals surface area contributed by atoms with Crippen LogP contribution >= 0.6 is 0 Å². The summed E-state index contributed by atoms with van der Waals surface area (Å²) in [5, 5.41) is 0. The smallest absolute Gasteiger partial charge is 0.225 e. The summed E-state index contributed by atoms with van der Waals surface area (Å²) in [4.78, 5) is 30.1. The molecule has 2 saturated heterocycles. The van der Waals surface area contributed by atoms with Crippen molar-refractivity contribution in [1.82, 2.24) is 9.80 Å². The van der Waals surface area contributed by atoms with Crippen LogP contribution in [0.2, 0.25) is 0 Å². The highest BCUT2D eigenvalue weighted by Gasteiger charge is 2.45. The fourth-order valence-electron chi connectivity index (χ4n) is 6.28. The molecule has 1 spiro atoms. The van der Waals surface area contributed by atoms with Crippen LogP contribution in [0, 0.1) is 5.92 Å². The topological polar surface area (TPSA) is 49.9 Å². The molecule has 0 aromatic heterocycles. The highest BCUT2D eigenvalue weighted by atomic mass is 16.5. The first-order chi connectivity index (χ1) is 15.1. The third-order valence-corrected chi connectivity index (χ3v) is 8.12. The van der Waals surface area contributed by atoms with E-state index in [1.165, 1.54) is 24.8 Å². The van der Waals surface area contributed by atoms with Gasteiger partial charge in [-0.15, -0.1) is 0 Å². The van der Waals surface area contributed by atoms with Crippen molar-refractivity contribution in [3.8, 4) is 5.75 Å². The maximum absolute atomic E-state index is 13.0. The first-order valence-corrected chi connectivity index (χ1v) is 12.5. The van der Waals surface area contributed by atoms with Gasteiger partial charge in [-0.05, 0) is 43.7 Å². The summed E-state index contributed by atoms with van der Waals surface area (Å²) >= 11 is 0. The summed E-state index contributed by atoms with van der Waals surface area (Å²) in [6, 6.07) is 8.27. The molecule has 1 aromatic carbocycles. The van der Waals surface area contributed by atoms with E-state index in [0.29, 0.717) is 18.2 Å². The van der Waals surface area contributed by atoms with Gasteiger partial charge in [0.15, 0.2) is 0 Å². The maximum Gasteiger partial charge on any atom is 0.225 e. The van der Waals surface area contributed by atoms with Crippen molar-refractivity contribution in [3.05, 3.63) is 29.8 Å². The van der Waals surface area contributed by atoms with Crippen molar-refractivity contribution in [3.63, 3.8) is 0 Å². The predicted molar refractivity (Wildman–Crippen MR) is 120 cm³/mol. The molecule has 31 heavy (non-hydrogen) atoms. The Kier molecular flexibility index (Phi) is 5.94. The third kappa shape index (κ3) is 4.33. The number of hydrogen-bond donors (Lipinski definition) is 0. The van der Waals surface area contributed by atoms with Gasteiger partial charge in [-0.3, -0.25) is 9.59 Å². The highest BCUT2D eigenvalue weighted by Crippen LogP contribution is 2.47. The number of para-hydroxylation sites is 1. The molecule has 5 rings (SSSR count). The monoisotopic (exact) mass is 424 g/mol. The molecule has 3 fully saturated rings. The molecular formula is C26H36N2O3. The number of amides is 2. The fraction of sp³-hybridized carbons (Fsp3) is 0.692. The van der Waals surface area contributed by atoms with E-state index in [2.05, 4.69) is 23.1 Å². The van der Waals surface area contributed by atoms with E-state index < -0.39 is 0 Å². The molecule has 1 aliphatic carbocycles.